The molecule has 0 rings (SSSR count). The van der Waals surface area contributed by atoms with E-state index < -0.39 is 0 Å². The Kier molecular flexibility index (Phi) is 41.0. The van der Waals surface area contributed by atoms with E-state index in [2.05, 4.69) is 23.9 Å². The summed E-state index contributed by atoms with van der Waals surface area (Å²) in [5.74, 6) is 0. The highest BCUT2D eigenvalue weighted by Crippen LogP contribution is 1.96. The summed E-state index contributed by atoms with van der Waals surface area (Å²) in [6, 6.07) is 0. The topological polar surface area (TPSA) is 58.5 Å². The number of unbranched alkanes of at least 4 members (excludes halogenated alkanes) is 1. The number of rotatable bonds is 11. The lowest BCUT2D eigenvalue weighted by Crippen LogP contribution is -2.25. The lowest BCUT2D eigenvalue weighted by atomic mass is 10.2. The maximum absolute atomic E-state index is 5.47. The molecule has 0 amide bonds. The van der Waals surface area contributed by atoms with Gasteiger partial charge in [-0.2, -0.15) is 0 Å². The SMILES string of the molecule is CN(CCCN)CCCCN(C)CCCN.Cl.Cl.Cl.Cl. The van der Waals surface area contributed by atoms with Crippen molar-refractivity contribution in [3.63, 3.8) is 0 Å². The van der Waals surface area contributed by atoms with Gasteiger partial charge in [0.2, 0.25) is 0 Å². The summed E-state index contributed by atoms with van der Waals surface area (Å²) in [5, 5.41) is 0. The molecule has 0 fully saturated rings. The van der Waals surface area contributed by atoms with E-state index in [1.54, 1.807) is 0 Å². The highest BCUT2D eigenvalue weighted by molar-refractivity contribution is 5.86. The summed E-state index contributed by atoms with van der Waals surface area (Å²) < 4.78 is 0. The van der Waals surface area contributed by atoms with Gasteiger partial charge in [0.15, 0.2) is 0 Å². The second-order valence-corrected chi connectivity index (χ2v) is 4.60. The van der Waals surface area contributed by atoms with Crippen LogP contribution in [0, 0.1) is 0 Å². The van der Waals surface area contributed by atoms with Gasteiger partial charge in [-0.1, -0.05) is 0 Å². The molecule has 0 bridgehead atoms. The lowest BCUT2D eigenvalue weighted by Gasteiger charge is -2.18. The summed E-state index contributed by atoms with van der Waals surface area (Å²) in [6.45, 7) is 6.22. The Labute approximate surface area is 150 Å². The zero-order chi connectivity index (χ0) is 12.2. The summed E-state index contributed by atoms with van der Waals surface area (Å²) in [5.41, 5.74) is 10.9. The molecule has 130 valence electrons. The van der Waals surface area contributed by atoms with Crippen molar-refractivity contribution in [2.24, 2.45) is 11.5 Å². The minimum Gasteiger partial charge on any atom is -0.330 e. The van der Waals surface area contributed by atoms with Crippen LogP contribution in [0.1, 0.15) is 25.7 Å². The first-order valence-electron chi connectivity index (χ1n) is 6.48. The van der Waals surface area contributed by atoms with Crippen LogP contribution in [-0.2, 0) is 0 Å². The van der Waals surface area contributed by atoms with Crippen LogP contribution in [0.4, 0.5) is 0 Å². The molecule has 0 radical (unpaired) electrons. The van der Waals surface area contributed by atoms with Crippen LogP contribution in [0.3, 0.4) is 0 Å². The van der Waals surface area contributed by atoms with E-state index in [1.807, 2.05) is 0 Å². The van der Waals surface area contributed by atoms with E-state index in [4.69, 9.17) is 11.5 Å². The molecule has 0 saturated carbocycles. The fourth-order valence-electron chi connectivity index (χ4n) is 1.71. The Balaban J connectivity index is -0.000000187. The Hall–Kier alpha value is 1.00. The van der Waals surface area contributed by atoms with Crippen LogP contribution < -0.4 is 11.5 Å². The first-order valence-corrected chi connectivity index (χ1v) is 6.48. The molecular formula is C12H34Cl4N4. The normalized spacial score (nSPS) is 9.30. The second kappa shape index (κ2) is 25.0. The second-order valence-electron chi connectivity index (χ2n) is 4.60. The number of hydrogen-bond donors (Lipinski definition) is 2. The van der Waals surface area contributed by atoms with E-state index in [-0.39, 0.29) is 49.6 Å². The fourth-order valence-corrected chi connectivity index (χ4v) is 1.71. The van der Waals surface area contributed by atoms with Crippen molar-refractivity contribution < 1.29 is 0 Å². The van der Waals surface area contributed by atoms with Gasteiger partial charge in [0.1, 0.15) is 0 Å². The lowest BCUT2D eigenvalue weighted by molar-refractivity contribution is 0.291. The van der Waals surface area contributed by atoms with Crippen LogP contribution in [-0.4, -0.2) is 63.2 Å². The summed E-state index contributed by atoms with van der Waals surface area (Å²) in [6.07, 6.45) is 4.75. The smallest absolute Gasteiger partial charge is 0.000977 e. The predicted octanol–water partition coefficient (Wildman–Crippen LogP) is 2.01. The minimum absolute atomic E-state index is 0. The predicted molar refractivity (Wildman–Crippen MR) is 101 cm³/mol. The van der Waals surface area contributed by atoms with E-state index in [1.165, 1.54) is 25.9 Å². The van der Waals surface area contributed by atoms with Crippen molar-refractivity contribution in [1.82, 2.24) is 9.80 Å². The van der Waals surface area contributed by atoms with Crippen molar-refractivity contribution in [3.8, 4) is 0 Å². The molecule has 0 spiro atoms. The van der Waals surface area contributed by atoms with Crippen LogP contribution >= 0.6 is 49.6 Å². The van der Waals surface area contributed by atoms with E-state index in [0.29, 0.717) is 0 Å². The molecule has 0 aliphatic rings. The van der Waals surface area contributed by atoms with Gasteiger partial charge in [0, 0.05) is 0 Å². The monoisotopic (exact) mass is 374 g/mol. The third-order valence-corrected chi connectivity index (χ3v) is 2.82. The number of hydrogen-bond acceptors (Lipinski definition) is 4. The fraction of sp³-hybridized carbons (Fsp3) is 1.00. The standard InChI is InChI=1S/C12H30N4.4ClH/c1-15(11-5-7-13)9-3-4-10-16(2)12-6-8-14;;;;/h3-14H2,1-2H3;4*1H. The van der Waals surface area contributed by atoms with Crippen molar-refractivity contribution in [3.05, 3.63) is 0 Å². The molecule has 8 heteroatoms. The van der Waals surface area contributed by atoms with Gasteiger partial charge in [-0.15, -0.1) is 49.6 Å². The molecule has 0 aromatic heterocycles. The minimum atomic E-state index is 0. The summed E-state index contributed by atoms with van der Waals surface area (Å²) >= 11 is 0. The van der Waals surface area contributed by atoms with Crippen LogP contribution in [0.15, 0.2) is 0 Å². The molecule has 0 unspecified atom stereocenters. The van der Waals surface area contributed by atoms with Crippen molar-refractivity contribution in [2.75, 3.05) is 53.4 Å². The van der Waals surface area contributed by atoms with E-state index in [9.17, 15) is 0 Å². The van der Waals surface area contributed by atoms with E-state index >= 15 is 0 Å². The van der Waals surface area contributed by atoms with Crippen LogP contribution in [0.2, 0.25) is 0 Å². The maximum atomic E-state index is 5.47. The van der Waals surface area contributed by atoms with Gasteiger partial charge >= 0.3 is 0 Å². The Morgan fingerprint density at radius 1 is 0.550 bits per heavy atom. The quantitative estimate of drug-likeness (QED) is 0.542. The molecule has 4 nitrogen and oxygen atoms in total. The van der Waals surface area contributed by atoms with E-state index in [0.717, 1.165) is 39.0 Å². The first-order chi connectivity index (χ1) is 7.70. The average Bonchev–Trinajstić information content (AvgIpc) is 2.29. The molecule has 0 aromatic carbocycles. The number of nitrogens with zero attached hydrogens (tertiary/aromatic N) is 2. The molecule has 0 atom stereocenters. The summed E-state index contributed by atoms with van der Waals surface area (Å²) in [7, 11) is 4.35. The molecule has 0 saturated heterocycles. The zero-order valence-electron chi connectivity index (χ0n) is 12.8. The van der Waals surface area contributed by atoms with Gasteiger partial charge in [-0.3, -0.25) is 0 Å². The van der Waals surface area contributed by atoms with Gasteiger partial charge in [-0.05, 0) is 79.0 Å². The number of halogens is 4. The van der Waals surface area contributed by atoms with Crippen LogP contribution in [0.5, 0.6) is 0 Å². The molecule has 0 heterocycles. The highest BCUT2D eigenvalue weighted by atomic mass is 35.5. The van der Waals surface area contributed by atoms with Crippen molar-refractivity contribution in [2.45, 2.75) is 25.7 Å². The molecule has 0 aliphatic carbocycles. The van der Waals surface area contributed by atoms with Gasteiger partial charge in [-0.25, -0.2) is 0 Å². The first kappa shape index (κ1) is 32.8. The number of nitrogens with two attached hydrogens (primary N) is 2. The molecule has 0 aliphatic heterocycles. The van der Waals surface area contributed by atoms with Crippen molar-refractivity contribution in [1.29, 1.82) is 0 Å². The largest absolute Gasteiger partial charge is 0.330 e. The Morgan fingerprint density at radius 3 is 1.05 bits per heavy atom. The zero-order valence-corrected chi connectivity index (χ0v) is 16.0. The molecular weight excluding hydrogens is 342 g/mol. The Morgan fingerprint density at radius 2 is 0.800 bits per heavy atom. The summed E-state index contributed by atoms with van der Waals surface area (Å²) in [4.78, 5) is 4.74. The van der Waals surface area contributed by atoms with Crippen molar-refractivity contribution >= 4 is 49.6 Å². The molecule has 20 heavy (non-hydrogen) atoms. The van der Waals surface area contributed by atoms with Gasteiger partial charge in [0.25, 0.3) is 0 Å². The highest BCUT2D eigenvalue weighted by Gasteiger charge is 1.99. The maximum Gasteiger partial charge on any atom is -0.000977 e. The van der Waals surface area contributed by atoms with Crippen LogP contribution in [0.25, 0.3) is 0 Å². The third kappa shape index (κ3) is 24.0. The molecule has 4 N–H and O–H groups in total. The van der Waals surface area contributed by atoms with Gasteiger partial charge < -0.3 is 21.3 Å². The molecule has 0 aromatic rings. The Bertz CT molecular complexity index is 139. The van der Waals surface area contributed by atoms with Gasteiger partial charge in [0.05, 0.1) is 0 Å². The average molecular weight is 376 g/mol. The third-order valence-electron chi connectivity index (χ3n) is 2.82.